The quantitative estimate of drug-likeness (QED) is 0.623. The van der Waals surface area contributed by atoms with Gasteiger partial charge in [-0.25, -0.2) is 8.42 Å². The van der Waals surface area contributed by atoms with Gasteiger partial charge in [0.2, 0.25) is 10.0 Å². The number of nitrogens with one attached hydrogen (secondary N) is 1. The molecule has 2 heterocycles. The van der Waals surface area contributed by atoms with E-state index in [0.29, 0.717) is 0 Å². The molecule has 0 aliphatic carbocycles. The van der Waals surface area contributed by atoms with Crippen LogP contribution in [0.5, 0.6) is 0 Å². The highest BCUT2D eigenvalue weighted by atomic mass is 79.9. The summed E-state index contributed by atoms with van der Waals surface area (Å²) in [7, 11) is -2.60. The third-order valence-corrected chi connectivity index (χ3v) is 7.25. The minimum atomic E-state index is -3.87. The lowest BCUT2D eigenvalue weighted by molar-refractivity contribution is -0.145. The number of fused-ring (bicyclic) bond motifs is 3. The number of esters is 1. The summed E-state index contributed by atoms with van der Waals surface area (Å²) in [6.45, 7) is 0.0855. The average Bonchev–Trinajstić information content (AvgIpc) is 3.04. The minimum Gasteiger partial charge on any atom is -0.468 e. The van der Waals surface area contributed by atoms with Gasteiger partial charge in [-0.3, -0.25) is 4.79 Å². The van der Waals surface area contributed by atoms with Crippen molar-refractivity contribution in [3.05, 3.63) is 64.3 Å². The highest BCUT2D eigenvalue weighted by Gasteiger charge is 2.41. The van der Waals surface area contributed by atoms with Gasteiger partial charge >= 0.3 is 5.97 Å². The number of carbonyl (C=O) groups excluding carboxylic acids is 1. The van der Waals surface area contributed by atoms with Crippen molar-refractivity contribution < 1.29 is 17.9 Å². The Labute approximate surface area is 165 Å². The van der Waals surface area contributed by atoms with E-state index in [4.69, 9.17) is 4.74 Å². The molecule has 8 heteroatoms. The van der Waals surface area contributed by atoms with Crippen LogP contribution < -0.4 is 0 Å². The molecule has 0 bridgehead atoms. The second kappa shape index (κ2) is 6.78. The fourth-order valence-corrected chi connectivity index (χ4v) is 5.33. The maximum atomic E-state index is 13.2. The molecule has 0 radical (unpaired) electrons. The Bertz CT molecular complexity index is 1120. The number of benzene rings is 2. The third kappa shape index (κ3) is 3.07. The number of aromatic nitrogens is 1. The third-order valence-electron chi connectivity index (χ3n) is 4.85. The fourth-order valence-electron chi connectivity index (χ4n) is 3.52. The molecular formula is C19H17BrN2O4S. The molecule has 0 amide bonds. The lowest BCUT2D eigenvalue weighted by atomic mass is 9.98. The van der Waals surface area contributed by atoms with E-state index in [1.807, 2.05) is 24.3 Å². The van der Waals surface area contributed by atoms with E-state index >= 15 is 0 Å². The first-order valence-corrected chi connectivity index (χ1v) is 10.6. The summed E-state index contributed by atoms with van der Waals surface area (Å²) >= 11 is 3.31. The van der Waals surface area contributed by atoms with Gasteiger partial charge in [0.25, 0.3) is 0 Å². The van der Waals surface area contributed by atoms with E-state index in [9.17, 15) is 13.2 Å². The Morgan fingerprint density at radius 2 is 1.89 bits per heavy atom. The number of halogens is 1. The summed E-state index contributed by atoms with van der Waals surface area (Å²) in [5, 5.41) is 1.00. The van der Waals surface area contributed by atoms with Crippen LogP contribution in [0.4, 0.5) is 0 Å². The van der Waals surface area contributed by atoms with Gasteiger partial charge in [0, 0.05) is 27.5 Å². The van der Waals surface area contributed by atoms with Crippen molar-refractivity contribution in [2.45, 2.75) is 23.9 Å². The summed E-state index contributed by atoms with van der Waals surface area (Å²) in [5.41, 5.74) is 2.69. The Kier molecular flexibility index (Phi) is 4.57. The van der Waals surface area contributed by atoms with Gasteiger partial charge in [-0.2, -0.15) is 4.31 Å². The number of ether oxygens (including phenoxy) is 1. The number of sulfonamides is 1. The van der Waals surface area contributed by atoms with Crippen molar-refractivity contribution in [1.82, 2.24) is 9.29 Å². The van der Waals surface area contributed by atoms with Crippen LogP contribution in [0.25, 0.3) is 10.9 Å². The van der Waals surface area contributed by atoms with Crippen molar-refractivity contribution in [1.29, 1.82) is 0 Å². The normalized spacial score (nSPS) is 17.6. The number of H-pyrrole nitrogens is 1. The van der Waals surface area contributed by atoms with Crippen LogP contribution in [-0.4, -0.2) is 36.8 Å². The Morgan fingerprint density at radius 1 is 1.19 bits per heavy atom. The molecule has 0 fully saturated rings. The number of nitrogens with zero attached hydrogens (tertiary/aromatic N) is 1. The molecular weight excluding hydrogens is 432 g/mol. The van der Waals surface area contributed by atoms with Crippen molar-refractivity contribution >= 4 is 42.8 Å². The molecule has 1 N–H and O–H groups in total. The van der Waals surface area contributed by atoms with Crippen molar-refractivity contribution in [2.24, 2.45) is 0 Å². The zero-order valence-corrected chi connectivity index (χ0v) is 16.9. The molecule has 3 aromatic rings. The number of aromatic amines is 1. The summed E-state index contributed by atoms with van der Waals surface area (Å²) in [4.78, 5) is 15.9. The van der Waals surface area contributed by atoms with Gasteiger partial charge in [-0.05, 0) is 35.9 Å². The van der Waals surface area contributed by atoms with Crippen LogP contribution >= 0.6 is 15.9 Å². The van der Waals surface area contributed by atoms with Gasteiger partial charge in [0.05, 0.1) is 18.6 Å². The van der Waals surface area contributed by atoms with Gasteiger partial charge in [-0.15, -0.1) is 0 Å². The van der Waals surface area contributed by atoms with Crippen molar-refractivity contribution in [3.63, 3.8) is 0 Å². The highest BCUT2D eigenvalue weighted by molar-refractivity contribution is 9.10. The predicted molar refractivity (Wildman–Crippen MR) is 105 cm³/mol. The van der Waals surface area contributed by atoms with E-state index in [2.05, 4.69) is 20.9 Å². The highest BCUT2D eigenvalue weighted by Crippen LogP contribution is 2.34. The average molecular weight is 449 g/mol. The zero-order chi connectivity index (χ0) is 19.2. The smallest absolute Gasteiger partial charge is 0.324 e. The number of methoxy groups -OCH3 is 1. The van der Waals surface area contributed by atoms with Crippen molar-refractivity contribution in [2.75, 3.05) is 7.11 Å². The van der Waals surface area contributed by atoms with E-state index in [1.165, 1.54) is 23.5 Å². The monoisotopic (exact) mass is 448 g/mol. The maximum Gasteiger partial charge on any atom is 0.324 e. The van der Waals surface area contributed by atoms with Gasteiger partial charge in [0.15, 0.2) is 0 Å². The Balaban J connectivity index is 1.83. The molecule has 1 aromatic heterocycles. The fraction of sp³-hybridized carbons (Fsp3) is 0.211. The molecule has 1 aliphatic rings. The zero-order valence-electron chi connectivity index (χ0n) is 14.5. The number of hydrogen-bond donors (Lipinski definition) is 1. The molecule has 0 saturated heterocycles. The van der Waals surface area contributed by atoms with Gasteiger partial charge in [-0.1, -0.05) is 34.1 Å². The molecule has 1 aliphatic heterocycles. The summed E-state index contributed by atoms with van der Waals surface area (Å²) in [5.74, 6) is -0.563. The first-order valence-electron chi connectivity index (χ1n) is 8.35. The molecule has 0 unspecified atom stereocenters. The molecule has 2 aromatic carbocycles. The van der Waals surface area contributed by atoms with Crippen LogP contribution in [0.1, 0.15) is 11.3 Å². The first-order chi connectivity index (χ1) is 12.9. The molecule has 0 saturated carbocycles. The van der Waals surface area contributed by atoms with E-state index < -0.39 is 22.0 Å². The van der Waals surface area contributed by atoms with E-state index in [-0.39, 0.29) is 17.9 Å². The van der Waals surface area contributed by atoms with E-state index in [1.54, 1.807) is 12.1 Å². The number of rotatable bonds is 3. The molecule has 1 atom stereocenters. The SMILES string of the molecule is COC(=O)[C@@H]1Cc2c([nH]c3ccccc23)CN1S(=O)(=O)c1ccc(Br)cc1. The summed E-state index contributed by atoms with van der Waals surface area (Å²) in [6.07, 6.45) is 0.266. The molecule has 140 valence electrons. The van der Waals surface area contributed by atoms with Crippen LogP contribution in [0.15, 0.2) is 57.9 Å². The van der Waals surface area contributed by atoms with Gasteiger partial charge < -0.3 is 9.72 Å². The van der Waals surface area contributed by atoms with Crippen LogP contribution in [0.2, 0.25) is 0 Å². The maximum absolute atomic E-state index is 13.2. The Morgan fingerprint density at radius 3 is 2.59 bits per heavy atom. The molecule has 4 rings (SSSR count). The molecule has 0 spiro atoms. The molecule has 27 heavy (non-hydrogen) atoms. The number of hydrogen-bond acceptors (Lipinski definition) is 4. The number of para-hydroxylation sites is 1. The standard InChI is InChI=1S/C19H17BrN2O4S/c1-26-19(23)18-10-15-14-4-2-3-5-16(14)21-17(15)11-22(18)27(24,25)13-8-6-12(20)7-9-13/h2-9,18,21H,10-11H2,1H3/t18-/m0/s1. The predicted octanol–water partition coefficient (Wildman–Crippen LogP) is 3.22. The second-order valence-electron chi connectivity index (χ2n) is 6.37. The topological polar surface area (TPSA) is 79.5 Å². The lowest BCUT2D eigenvalue weighted by Gasteiger charge is -2.32. The summed E-state index contributed by atoms with van der Waals surface area (Å²) < 4.78 is 33.4. The van der Waals surface area contributed by atoms with Crippen molar-refractivity contribution in [3.8, 4) is 0 Å². The van der Waals surface area contributed by atoms with E-state index in [0.717, 1.165) is 26.6 Å². The van der Waals surface area contributed by atoms with Crippen LogP contribution in [0.3, 0.4) is 0 Å². The van der Waals surface area contributed by atoms with Gasteiger partial charge in [0.1, 0.15) is 6.04 Å². The number of carbonyl (C=O) groups is 1. The first kappa shape index (κ1) is 18.2. The van der Waals surface area contributed by atoms with Crippen LogP contribution in [-0.2, 0) is 32.5 Å². The molecule has 6 nitrogen and oxygen atoms in total. The minimum absolute atomic E-state index is 0.0855. The van der Waals surface area contributed by atoms with Crippen LogP contribution in [0, 0.1) is 0 Å². The Hall–Kier alpha value is -2.16. The largest absolute Gasteiger partial charge is 0.468 e. The summed E-state index contributed by atoms with van der Waals surface area (Å²) in [6, 6.07) is 13.2. The lowest BCUT2D eigenvalue weighted by Crippen LogP contribution is -2.48. The second-order valence-corrected chi connectivity index (χ2v) is 9.18.